The fraction of sp³-hybridized carbons (Fsp3) is 0.500. The topological polar surface area (TPSA) is 46.2 Å². The van der Waals surface area contributed by atoms with Crippen LogP contribution >= 0.6 is 11.6 Å². The van der Waals surface area contributed by atoms with E-state index in [0.29, 0.717) is 10.6 Å². The van der Waals surface area contributed by atoms with E-state index in [1.165, 1.54) is 6.07 Å². The molecule has 4 heteroatoms. The van der Waals surface area contributed by atoms with Gasteiger partial charge >= 0.3 is 0 Å². The van der Waals surface area contributed by atoms with Crippen LogP contribution in [0.25, 0.3) is 0 Å². The van der Waals surface area contributed by atoms with Crippen molar-refractivity contribution in [1.82, 2.24) is 0 Å². The Morgan fingerprint density at radius 1 is 1.50 bits per heavy atom. The molecule has 1 fully saturated rings. The van der Waals surface area contributed by atoms with Crippen LogP contribution in [0.5, 0.6) is 0 Å². The van der Waals surface area contributed by atoms with Crippen molar-refractivity contribution in [2.75, 3.05) is 6.54 Å². The van der Waals surface area contributed by atoms with Gasteiger partial charge in [0.2, 0.25) is 0 Å². The Labute approximate surface area is 99.2 Å². The highest BCUT2D eigenvalue weighted by Crippen LogP contribution is 2.41. The molecule has 2 rings (SSSR count). The highest BCUT2D eigenvalue weighted by atomic mass is 35.5. The quantitative estimate of drug-likeness (QED) is 0.851. The van der Waals surface area contributed by atoms with Gasteiger partial charge in [-0.25, -0.2) is 4.39 Å². The van der Waals surface area contributed by atoms with E-state index in [4.69, 9.17) is 17.3 Å². The monoisotopic (exact) mass is 243 g/mol. The summed E-state index contributed by atoms with van der Waals surface area (Å²) < 4.78 is 13.6. The van der Waals surface area contributed by atoms with Crippen LogP contribution in [0.4, 0.5) is 4.39 Å². The maximum Gasteiger partial charge on any atom is 0.127 e. The van der Waals surface area contributed by atoms with E-state index in [2.05, 4.69) is 0 Å². The molecule has 0 bridgehead atoms. The van der Waals surface area contributed by atoms with Crippen molar-refractivity contribution < 1.29 is 9.50 Å². The van der Waals surface area contributed by atoms with E-state index in [1.807, 2.05) is 0 Å². The standard InChI is InChI=1S/C12H15ClFNO/c13-10-4-1-8(11(14)5-10)6-12(16,7-15)9-2-3-9/h1,4-5,9,16H,2-3,6-7,15H2. The molecule has 0 radical (unpaired) electrons. The molecule has 1 saturated carbocycles. The fourth-order valence-electron chi connectivity index (χ4n) is 2.00. The summed E-state index contributed by atoms with van der Waals surface area (Å²) in [5.41, 5.74) is 5.09. The van der Waals surface area contributed by atoms with E-state index in [-0.39, 0.29) is 24.7 Å². The zero-order valence-electron chi connectivity index (χ0n) is 8.92. The smallest absolute Gasteiger partial charge is 0.127 e. The van der Waals surface area contributed by atoms with Crippen LogP contribution in [0, 0.1) is 11.7 Å². The van der Waals surface area contributed by atoms with Crippen molar-refractivity contribution in [2.24, 2.45) is 11.7 Å². The van der Waals surface area contributed by atoms with E-state index >= 15 is 0 Å². The second-order valence-electron chi connectivity index (χ2n) is 4.49. The second kappa shape index (κ2) is 4.32. The fourth-order valence-corrected chi connectivity index (χ4v) is 2.16. The number of benzene rings is 1. The summed E-state index contributed by atoms with van der Waals surface area (Å²) in [6.07, 6.45) is 2.21. The molecule has 0 heterocycles. The van der Waals surface area contributed by atoms with Crippen LogP contribution in [0.3, 0.4) is 0 Å². The van der Waals surface area contributed by atoms with Gasteiger partial charge in [-0.15, -0.1) is 0 Å². The van der Waals surface area contributed by atoms with E-state index in [9.17, 15) is 9.50 Å². The molecule has 1 aliphatic carbocycles. The Bertz CT molecular complexity index is 395. The van der Waals surface area contributed by atoms with Crippen molar-refractivity contribution in [3.63, 3.8) is 0 Å². The van der Waals surface area contributed by atoms with Crippen molar-refractivity contribution >= 4 is 11.6 Å². The lowest BCUT2D eigenvalue weighted by Crippen LogP contribution is -2.42. The first-order valence-electron chi connectivity index (χ1n) is 5.41. The van der Waals surface area contributed by atoms with Crippen molar-refractivity contribution in [3.05, 3.63) is 34.6 Å². The number of aliphatic hydroxyl groups is 1. The predicted molar refractivity (Wildman–Crippen MR) is 61.8 cm³/mol. The summed E-state index contributed by atoms with van der Waals surface area (Å²) in [6.45, 7) is 0.166. The molecule has 0 aliphatic heterocycles. The van der Waals surface area contributed by atoms with E-state index in [0.717, 1.165) is 12.8 Å². The Balaban J connectivity index is 2.18. The van der Waals surface area contributed by atoms with Crippen LogP contribution in [0.15, 0.2) is 18.2 Å². The third-order valence-corrected chi connectivity index (χ3v) is 3.44. The van der Waals surface area contributed by atoms with Crippen LogP contribution < -0.4 is 5.73 Å². The number of hydrogen-bond acceptors (Lipinski definition) is 2. The number of halogens is 2. The second-order valence-corrected chi connectivity index (χ2v) is 4.93. The van der Waals surface area contributed by atoms with Gasteiger partial charge in [0.25, 0.3) is 0 Å². The van der Waals surface area contributed by atoms with Crippen LogP contribution in [-0.4, -0.2) is 17.3 Å². The van der Waals surface area contributed by atoms with Crippen molar-refractivity contribution in [3.8, 4) is 0 Å². The minimum Gasteiger partial charge on any atom is -0.388 e. The zero-order valence-corrected chi connectivity index (χ0v) is 9.67. The molecular formula is C12H15ClFNO. The minimum atomic E-state index is -0.964. The molecule has 16 heavy (non-hydrogen) atoms. The molecule has 0 aromatic heterocycles. The molecule has 2 nitrogen and oxygen atoms in total. The maximum atomic E-state index is 13.6. The minimum absolute atomic E-state index is 0.166. The van der Waals surface area contributed by atoms with Gasteiger partial charge in [0.15, 0.2) is 0 Å². The highest BCUT2D eigenvalue weighted by Gasteiger charge is 2.43. The van der Waals surface area contributed by atoms with Gasteiger partial charge in [-0.2, -0.15) is 0 Å². The molecule has 1 unspecified atom stereocenters. The summed E-state index contributed by atoms with van der Waals surface area (Å²) >= 11 is 5.67. The van der Waals surface area contributed by atoms with Crippen molar-refractivity contribution in [2.45, 2.75) is 24.9 Å². The largest absolute Gasteiger partial charge is 0.388 e. The normalized spacial score (nSPS) is 19.5. The molecule has 88 valence electrons. The molecule has 0 spiro atoms. The average Bonchev–Trinajstić information content (AvgIpc) is 3.06. The van der Waals surface area contributed by atoms with Crippen LogP contribution in [0.2, 0.25) is 5.02 Å². The molecule has 0 amide bonds. The Morgan fingerprint density at radius 3 is 2.69 bits per heavy atom. The van der Waals surface area contributed by atoms with Crippen molar-refractivity contribution in [1.29, 1.82) is 0 Å². The first-order valence-corrected chi connectivity index (χ1v) is 5.79. The van der Waals surface area contributed by atoms with Gasteiger partial charge in [-0.3, -0.25) is 0 Å². The molecule has 3 N–H and O–H groups in total. The third-order valence-electron chi connectivity index (χ3n) is 3.20. The Morgan fingerprint density at radius 2 is 2.19 bits per heavy atom. The predicted octanol–water partition coefficient (Wildman–Crippen LogP) is 2.12. The molecule has 1 aromatic carbocycles. The van der Waals surface area contributed by atoms with Gasteiger partial charge in [-0.1, -0.05) is 17.7 Å². The van der Waals surface area contributed by atoms with Crippen LogP contribution in [-0.2, 0) is 6.42 Å². The lowest BCUT2D eigenvalue weighted by atomic mass is 9.89. The van der Waals surface area contributed by atoms with Crippen LogP contribution in [0.1, 0.15) is 18.4 Å². The SMILES string of the molecule is NCC(O)(Cc1ccc(Cl)cc1F)C1CC1. The lowest BCUT2D eigenvalue weighted by Gasteiger charge is -2.26. The van der Waals surface area contributed by atoms with Gasteiger partial charge in [0, 0.05) is 18.0 Å². The summed E-state index contributed by atoms with van der Waals surface area (Å²) in [6, 6.07) is 4.51. The van der Waals surface area contributed by atoms with Gasteiger partial charge in [0.1, 0.15) is 5.82 Å². The third kappa shape index (κ3) is 2.37. The highest BCUT2D eigenvalue weighted by molar-refractivity contribution is 6.30. The lowest BCUT2D eigenvalue weighted by molar-refractivity contribution is 0.0259. The van der Waals surface area contributed by atoms with Gasteiger partial charge < -0.3 is 10.8 Å². The zero-order chi connectivity index (χ0) is 11.8. The number of nitrogens with two attached hydrogens (primary N) is 1. The Hall–Kier alpha value is -0.640. The first-order chi connectivity index (χ1) is 7.55. The number of hydrogen-bond donors (Lipinski definition) is 2. The summed E-state index contributed by atoms with van der Waals surface area (Å²) in [4.78, 5) is 0. The average molecular weight is 244 g/mol. The molecule has 1 aliphatic rings. The molecular weight excluding hydrogens is 229 g/mol. The maximum absolute atomic E-state index is 13.6. The Kier molecular flexibility index (Phi) is 3.19. The summed E-state index contributed by atoms with van der Waals surface area (Å²) in [7, 11) is 0. The van der Waals surface area contributed by atoms with E-state index < -0.39 is 5.60 Å². The summed E-state index contributed by atoms with van der Waals surface area (Å²) in [5, 5.41) is 10.6. The summed E-state index contributed by atoms with van der Waals surface area (Å²) in [5.74, 6) is -0.160. The first kappa shape index (κ1) is 11.8. The molecule has 1 atom stereocenters. The molecule has 1 aromatic rings. The van der Waals surface area contributed by atoms with E-state index in [1.54, 1.807) is 12.1 Å². The van der Waals surface area contributed by atoms with Gasteiger partial charge in [-0.05, 0) is 36.5 Å². The molecule has 0 saturated heterocycles. The van der Waals surface area contributed by atoms with Gasteiger partial charge in [0.05, 0.1) is 5.60 Å². The number of rotatable bonds is 4.